The number of imidazole rings is 1. The highest BCUT2D eigenvalue weighted by Gasteiger charge is 2.26. The molecule has 6 nitrogen and oxygen atoms in total. The van der Waals surface area contributed by atoms with Gasteiger partial charge >= 0.3 is 5.97 Å². The van der Waals surface area contributed by atoms with Gasteiger partial charge in [0.25, 0.3) is 0 Å². The Hall–Kier alpha value is -1.34. The molecule has 1 heterocycles. The van der Waals surface area contributed by atoms with Gasteiger partial charge in [0.15, 0.2) is 4.77 Å². The summed E-state index contributed by atoms with van der Waals surface area (Å²) in [5.41, 5.74) is 5.77. The van der Waals surface area contributed by atoms with Gasteiger partial charge in [0.2, 0.25) is 5.91 Å². The van der Waals surface area contributed by atoms with Gasteiger partial charge < -0.3 is 20.0 Å². The summed E-state index contributed by atoms with van der Waals surface area (Å²) in [6, 6.07) is 0. The van der Waals surface area contributed by atoms with Crippen LogP contribution in [0.15, 0.2) is 0 Å². The van der Waals surface area contributed by atoms with E-state index < -0.39 is 17.8 Å². The lowest BCUT2D eigenvalue weighted by atomic mass is 10.1. The van der Waals surface area contributed by atoms with Crippen molar-refractivity contribution < 1.29 is 14.3 Å². The number of hydrogen-bond donors (Lipinski definition) is 2. The second-order valence-electron chi connectivity index (χ2n) is 3.65. The Morgan fingerprint density at radius 1 is 1.61 bits per heavy atom. The minimum Gasteiger partial charge on any atom is -0.464 e. The summed E-state index contributed by atoms with van der Waals surface area (Å²) in [4.78, 5) is 25.8. The predicted molar refractivity (Wildman–Crippen MR) is 69.3 cm³/mol. The molecular weight excluding hydrogens is 278 g/mol. The molecule has 0 saturated carbocycles. The smallest absolute Gasteiger partial charge is 0.356 e. The molecule has 1 aromatic heterocycles. The molecule has 0 aromatic carbocycles. The first-order valence-corrected chi connectivity index (χ1v) is 6.14. The highest BCUT2D eigenvalue weighted by atomic mass is 35.5. The van der Waals surface area contributed by atoms with Crippen LogP contribution in [-0.4, -0.2) is 34.4 Å². The minimum absolute atomic E-state index is 0.189. The fraction of sp³-hybridized carbons (Fsp3) is 0.500. The number of nitrogens with zero attached hydrogens (tertiary/aromatic N) is 1. The van der Waals surface area contributed by atoms with Crippen LogP contribution in [0.4, 0.5) is 0 Å². The number of H-pyrrole nitrogens is 1. The van der Waals surface area contributed by atoms with Gasteiger partial charge in [-0.25, -0.2) is 4.79 Å². The number of rotatable bonds is 5. The first-order chi connectivity index (χ1) is 8.43. The predicted octanol–water partition coefficient (Wildman–Crippen LogP) is 1.16. The summed E-state index contributed by atoms with van der Waals surface area (Å²) < 4.78 is 6.49. The van der Waals surface area contributed by atoms with Crippen LogP contribution in [0.1, 0.15) is 29.0 Å². The van der Waals surface area contributed by atoms with E-state index >= 15 is 0 Å². The average Bonchev–Trinajstić information content (AvgIpc) is 2.65. The molecule has 100 valence electrons. The Morgan fingerprint density at radius 3 is 2.67 bits per heavy atom. The summed E-state index contributed by atoms with van der Waals surface area (Å²) in [7, 11) is 1.25. The number of ether oxygens (including phenoxy) is 1. The van der Waals surface area contributed by atoms with E-state index in [1.165, 1.54) is 11.7 Å². The standard InChI is InChI=1S/C10H14ClN3O3S/c1-5(8(12)15)6-7(9(16)17-2)14(4-3-11)10(18)13-6/h5H,3-4H2,1-2H3,(H2,12,15)(H,13,18). The van der Waals surface area contributed by atoms with Crippen LogP contribution in [0.25, 0.3) is 0 Å². The monoisotopic (exact) mass is 291 g/mol. The van der Waals surface area contributed by atoms with E-state index in [0.717, 1.165) is 0 Å². The number of esters is 1. The largest absolute Gasteiger partial charge is 0.464 e. The van der Waals surface area contributed by atoms with Gasteiger partial charge in [0, 0.05) is 12.4 Å². The van der Waals surface area contributed by atoms with Crippen LogP contribution in [0.5, 0.6) is 0 Å². The van der Waals surface area contributed by atoms with E-state index in [0.29, 0.717) is 17.0 Å². The number of carbonyl (C=O) groups excluding carboxylic acids is 2. The fourth-order valence-corrected chi connectivity index (χ4v) is 2.02. The Bertz CT molecular complexity index is 523. The minimum atomic E-state index is -0.669. The number of halogens is 1. The van der Waals surface area contributed by atoms with Gasteiger partial charge in [-0.3, -0.25) is 4.79 Å². The fourth-order valence-electron chi connectivity index (χ4n) is 1.56. The molecule has 0 fully saturated rings. The van der Waals surface area contributed by atoms with Crippen molar-refractivity contribution in [3.8, 4) is 0 Å². The molecule has 0 saturated heterocycles. The highest BCUT2D eigenvalue weighted by Crippen LogP contribution is 2.20. The highest BCUT2D eigenvalue weighted by molar-refractivity contribution is 7.71. The van der Waals surface area contributed by atoms with Crippen LogP contribution in [0.2, 0.25) is 0 Å². The normalized spacial score (nSPS) is 12.2. The number of amides is 1. The van der Waals surface area contributed by atoms with Gasteiger partial charge in [0.1, 0.15) is 5.69 Å². The third-order valence-electron chi connectivity index (χ3n) is 2.56. The first kappa shape index (κ1) is 14.7. The third-order valence-corrected chi connectivity index (χ3v) is 3.05. The number of hydrogen-bond acceptors (Lipinski definition) is 4. The Morgan fingerprint density at radius 2 is 2.22 bits per heavy atom. The number of nitrogens with one attached hydrogen (secondary N) is 1. The summed E-state index contributed by atoms with van der Waals surface area (Å²) in [5.74, 6) is -1.54. The number of nitrogens with two attached hydrogens (primary N) is 1. The summed E-state index contributed by atoms with van der Waals surface area (Å²) in [5, 5.41) is 0. The molecule has 1 atom stereocenters. The zero-order valence-electron chi connectivity index (χ0n) is 10.0. The second-order valence-corrected chi connectivity index (χ2v) is 4.41. The van der Waals surface area contributed by atoms with Crippen molar-refractivity contribution in [2.24, 2.45) is 5.73 Å². The number of aromatic nitrogens is 2. The third kappa shape index (κ3) is 2.73. The van der Waals surface area contributed by atoms with Gasteiger partial charge in [0.05, 0.1) is 18.7 Å². The molecule has 1 aromatic rings. The lowest BCUT2D eigenvalue weighted by Crippen LogP contribution is -2.22. The number of alkyl halides is 1. The summed E-state index contributed by atoms with van der Waals surface area (Å²) in [6.07, 6.45) is 0. The zero-order valence-corrected chi connectivity index (χ0v) is 11.6. The van der Waals surface area contributed by atoms with Gasteiger partial charge in [-0.05, 0) is 19.1 Å². The van der Waals surface area contributed by atoms with E-state index in [1.54, 1.807) is 6.92 Å². The van der Waals surface area contributed by atoms with Crippen molar-refractivity contribution in [2.45, 2.75) is 19.4 Å². The van der Waals surface area contributed by atoms with E-state index in [4.69, 9.17) is 29.6 Å². The molecule has 1 unspecified atom stereocenters. The lowest BCUT2D eigenvalue weighted by molar-refractivity contribution is -0.119. The van der Waals surface area contributed by atoms with Crippen molar-refractivity contribution >= 4 is 35.7 Å². The average molecular weight is 292 g/mol. The molecule has 3 N–H and O–H groups in total. The van der Waals surface area contributed by atoms with Crippen LogP contribution in [0.3, 0.4) is 0 Å². The number of methoxy groups -OCH3 is 1. The maximum Gasteiger partial charge on any atom is 0.356 e. The van der Waals surface area contributed by atoms with Crippen LogP contribution >= 0.6 is 23.8 Å². The molecule has 18 heavy (non-hydrogen) atoms. The van der Waals surface area contributed by atoms with Gasteiger partial charge in [-0.2, -0.15) is 0 Å². The Balaban J connectivity index is 3.43. The summed E-state index contributed by atoms with van der Waals surface area (Å²) in [6.45, 7) is 1.92. The molecule has 1 rings (SSSR count). The molecular formula is C10H14ClN3O3S. The topological polar surface area (TPSA) is 90.1 Å². The molecule has 1 amide bonds. The molecule has 8 heteroatoms. The van der Waals surface area contributed by atoms with Crippen LogP contribution < -0.4 is 5.73 Å². The zero-order chi connectivity index (χ0) is 13.9. The molecule has 0 aliphatic rings. The first-order valence-electron chi connectivity index (χ1n) is 5.20. The van der Waals surface area contributed by atoms with E-state index in [2.05, 4.69) is 9.72 Å². The van der Waals surface area contributed by atoms with E-state index in [1.807, 2.05) is 0 Å². The Labute approximate surface area is 114 Å². The Kier molecular flexibility index (Phi) is 4.92. The second kappa shape index (κ2) is 6.01. The van der Waals surface area contributed by atoms with Crippen molar-refractivity contribution in [1.82, 2.24) is 9.55 Å². The van der Waals surface area contributed by atoms with Crippen molar-refractivity contribution in [2.75, 3.05) is 13.0 Å². The number of primary amides is 1. The molecule has 0 aliphatic carbocycles. The SMILES string of the molecule is COC(=O)c1c(C(C)C(N)=O)[nH]c(=S)n1CCCl. The summed E-state index contributed by atoms with van der Waals surface area (Å²) >= 11 is 10.7. The van der Waals surface area contributed by atoms with Crippen molar-refractivity contribution in [3.63, 3.8) is 0 Å². The molecule has 0 radical (unpaired) electrons. The van der Waals surface area contributed by atoms with E-state index in [-0.39, 0.29) is 11.6 Å². The van der Waals surface area contributed by atoms with Gasteiger partial charge in [-0.15, -0.1) is 11.6 Å². The van der Waals surface area contributed by atoms with Crippen LogP contribution in [-0.2, 0) is 16.1 Å². The maximum absolute atomic E-state index is 11.8. The molecule has 0 aliphatic heterocycles. The quantitative estimate of drug-likeness (QED) is 0.484. The lowest BCUT2D eigenvalue weighted by Gasteiger charge is -2.09. The molecule has 0 bridgehead atoms. The van der Waals surface area contributed by atoms with Crippen LogP contribution in [0, 0.1) is 4.77 Å². The van der Waals surface area contributed by atoms with Gasteiger partial charge in [-0.1, -0.05) is 0 Å². The number of carbonyl (C=O) groups is 2. The van der Waals surface area contributed by atoms with Crippen molar-refractivity contribution in [1.29, 1.82) is 0 Å². The maximum atomic E-state index is 11.8. The van der Waals surface area contributed by atoms with Crippen molar-refractivity contribution in [3.05, 3.63) is 16.2 Å². The van der Waals surface area contributed by atoms with E-state index in [9.17, 15) is 9.59 Å². The molecule has 0 spiro atoms. The number of aromatic amines is 1.